The summed E-state index contributed by atoms with van der Waals surface area (Å²) in [5.74, 6) is 0.183. The molecule has 0 radical (unpaired) electrons. The van der Waals surface area contributed by atoms with E-state index in [9.17, 15) is 4.79 Å². The van der Waals surface area contributed by atoms with Gasteiger partial charge in [-0.05, 0) is 25.8 Å². The van der Waals surface area contributed by atoms with Gasteiger partial charge in [-0.15, -0.1) is 0 Å². The maximum Gasteiger partial charge on any atom is 0.173 e. The van der Waals surface area contributed by atoms with Crippen LogP contribution in [-0.2, 0) is 0 Å². The number of hydrogen-bond donors (Lipinski definition) is 1. The fourth-order valence-corrected chi connectivity index (χ4v) is 2.35. The summed E-state index contributed by atoms with van der Waals surface area (Å²) < 4.78 is 0. The van der Waals surface area contributed by atoms with Crippen LogP contribution in [0.2, 0.25) is 0 Å². The predicted molar refractivity (Wildman–Crippen MR) is 61.2 cm³/mol. The Hall–Kier alpha value is -1.29. The molecule has 86 valence electrons. The average molecular weight is 219 g/mol. The summed E-state index contributed by atoms with van der Waals surface area (Å²) in [7, 11) is 0. The lowest BCUT2D eigenvalue weighted by molar-refractivity contribution is 0.0729. The van der Waals surface area contributed by atoms with E-state index >= 15 is 0 Å². The van der Waals surface area contributed by atoms with Gasteiger partial charge in [0.05, 0.1) is 5.56 Å². The molecule has 0 amide bonds. The quantitative estimate of drug-likeness (QED) is 0.781. The Labute approximate surface area is 95.5 Å². The molecule has 4 heteroatoms. The van der Waals surface area contributed by atoms with Crippen LogP contribution in [0.3, 0.4) is 0 Å². The summed E-state index contributed by atoms with van der Waals surface area (Å²) in [5.41, 5.74) is 0.385. The first-order chi connectivity index (χ1) is 7.78. The molecule has 1 saturated heterocycles. The van der Waals surface area contributed by atoms with Gasteiger partial charge in [-0.1, -0.05) is 6.92 Å². The average Bonchev–Trinajstić information content (AvgIpc) is 2.39. The highest BCUT2D eigenvalue weighted by Gasteiger charge is 2.38. The molecule has 1 aromatic heterocycles. The van der Waals surface area contributed by atoms with Crippen molar-refractivity contribution in [3.63, 3.8) is 0 Å². The zero-order chi connectivity index (χ0) is 11.4. The fourth-order valence-electron chi connectivity index (χ4n) is 2.35. The zero-order valence-corrected chi connectivity index (χ0v) is 9.57. The Bertz CT molecular complexity index is 358. The highest BCUT2D eigenvalue weighted by Crippen LogP contribution is 2.33. The Kier molecular flexibility index (Phi) is 3.29. The number of piperidine rings is 1. The number of carbonyl (C=O) groups excluding carboxylic acids is 1. The van der Waals surface area contributed by atoms with Crippen LogP contribution in [0, 0.1) is 5.41 Å². The largest absolute Gasteiger partial charge is 0.316 e. The monoisotopic (exact) mass is 219 g/mol. The first kappa shape index (κ1) is 11.2. The molecule has 2 rings (SSSR count). The summed E-state index contributed by atoms with van der Waals surface area (Å²) in [6.07, 6.45) is 7.57. The molecular formula is C12H17N3O. The third-order valence-electron chi connectivity index (χ3n) is 3.45. The lowest BCUT2D eigenvalue weighted by Crippen LogP contribution is -2.45. The molecule has 1 fully saturated rings. The van der Waals surface area contributed by atoms with E-state index in [1.165, 1.54) is 6.33 Å². The van der Waals surface area contributed by atoms with E-state index in [0.717, 1.165) is 32.4 Å². The van der Waals surface area contributed by atoms with Crippen molar-refractivity contribution in [2.45, 2.75) is 26.2 Å². The van der Waals surface area contributed by atoms with E-state index in [0.29, 0.717) is 5.56 Å². The number of Topliss-reactive ketones (excluding diaryl/α,β-unsaturated/α-hetero) is 1. The molecule has 16 heavy (non-hydrogen) atoms. The van der Waals surface area contributed by atoms with Crippen LogP contribution in [0.15, 0.2) is 18.7 Å². The minimum Gasteiger partial charge on any atom is -0.316 e. The van der Waals surface area contributed by atoms with Gasteiger partial charge < -0.3 is 5.32 Å². The van der Waals surface area contributed by atoms with Crippen molar-refractivity contribution in [1.29, 1.82) is 0 Å². The van der Waals surface area contributed by atoms with Crippen molar-refractivity contribution in [3.05, 3.63) is 24.3 Å². The van der Waals surface area contributed by atoms with Crippen molar-refractivity contribution >= 4 is 5.78 Å². The number of nitrogens with zero attached hydrogens (tertiary/aromatic N) is 2. The van der Waals surface area contributed by atoms with Gasteiger partial charge >= 0.3 is 0 Å². The Balaban J connectivity index is 2.24. The molecule has 0 bridgehead atoms. The normalized spacial score (nSPS) is 25.3. The van der Waals surface area contributed by atoms with Gasteiger partial charge in [0, 0.05) is 24.4 Å². The molecule has 0 aliphatic carbocycles. The van der Waals surface area contributed by atoms with Crippen LogP contribution in [0.25, 0.3) is 0 Å². The zero-order valence-electron chi connectivity index (χ0n) is 9.57. The van der Waals surface area contributed by atoms with Crippen LogP contribution >= 0.6 is 0 Å². The molecule has 1 atom stereocenters. The molecule has 1 N–H and O–H groups in total. The second-order valence-corrected chi connectivity index (χ2v) is 4.37. The van der Waals surface area contributed by atoms with Crippen molar-refractivity contribution in [1.82, 2.24) is 15.3 Å². The lowest BCUT2D eigenvalue weighted by atomic mass is 9.73. The maximum atomic E-state index is 12.4. The lowest BCUT2D eigenvalue weighted by Gasteiger charge is -2.35. The minimum absolute atomic E-state index is 0.183. The second kappa shape index (κ2) is 4.70. The Morgan fingerprint density at radius 1 is 1.50 bits per heavy atom. The minimum atomic E-state index is -0.247. The van der Waals surface area contributed by atoms with Gasteiger partial charge in [-0.2, -0.15) is 0 Å². The summed E-state index contributed by atoms with van der Waals surface area (Å²) in [6, 6.07) is 0. The first-order valence-electron chi connectivity index (χ1n) is 5.79. The van der Waals surface area contributed by atoms with E-state index in [4.69, 9.17) is 0 Å². The van der Waals surface area contributed by atoms with Crippen molar-refractivity contribution in [3.8, 4) is 0 Å². The van der Waals surface area contributed by atoms with Crippen LogP contribution in [0.1, 0.15) is 36.5 Å². The number of rotatable bonds is 3. The van der Waals surface area contributed by atoms with Crippen LogP contribution in [0.4, 0.5) is 0 Å². The molecule has 1 aliphatic rings. The summed E-state index contributed by atoms with van der Waals surface area (Å²) in [5, 5.41) is 3.32. The maximum absolute atomic E-state index is 12.4. The molecule has 2 heterocycles. The molecule has 0 saturated carbocycles. The molecule has 1 unspecified atom stereocenters. The number of hydrogen-bond acceptors (Lipinski definition) is 4. The molecular weight excluding hydrogens is 202 g/mol. The highest BCUT2D eigenvalue weighted by atomic mass is 16.1. The van der Waals surface area contributed by atoms with Crippen molar-refractivity contribution < 1.29 is 4.79 Å². The summed E-state index contributed by atoms with van der Waals surface area (Å²) >= 11 is 0. The molecule has 1 aromatic rings. The summed E-state index contributed by atoms with van der Waals surface area (Å²) in [4.78, 5) is 20.3. The Morgan fingerprint density at radius 2 is 2.25 bits per heavy atom. The summed E-state index contributed by atoms with van der Waals surface area (Å²) in [6.45, 7) is 3.87. The van der Waals surface area contributed by atoms with Crippen molar-refractivity contribution in [2.75, 3.05) is 13.1 Å². The number of ketones is 1. The third kappa shape index (κ3) is 1.97. The second-order valence-electron chi connectivity index (χ2n) is 4.37. The molecule has 0 aromatic carbocycles. The van der Waals surface area contributed by atoms with E-state index in [-0.39, 0.29) is 11.2 Å². The first-order valence-corrected chi connectivity index (χ1v) is 5.79. The molecule has 0 spiro atoms. The van der Waals surface area contributed by atoms with Gasteiger partial charge in [0.25, 0.3) is 0 Å². The van der Waals surface area contributed by atoms with Gasteiger partial charge in [-0.3, -0.25) is 4.79 Å². The molecule has 1 aliphatic heterocycles. The standard InChI is InChI=1S/C12H17N3O/c1-2-12(4-3-5-13-8-12)11(16)10-6-14-9-15-7-10/h6-7,9,13H,2-5,8H2,1H3. The van der Waals surface area contributed by atoms with Gasteiger partial charge in [0.15, 0.2) is 5.78 Å². The van der Waals surface area contributed by atoms with E-state index in [1.54, 1.807) is 12.4 Å². The highest BCUT2D eigenvalue weighted by molar-refractivity contribution is 6.00. The molecule has 4 nitrogen and oxygen atoms in total. The predicted octanol–water partition coefficient (Wildman–Crippen LogP) is 1.44. The SMILES string of the molecule is CCC1(C(=O)c2cncnc2)CCCNC1. The fraction of sp³-hybridized carbons (Fsp3) is 0.583. The van der Waals surface area contributed by atoms with Crippen molar-refractivity contribution in [2.24, 2.45) is 5.41 Å². The smallest absolute Gasteiger partial charge is 0.173 e. The van der Waals surface area contributed by atoms with Gasteiger partial charge in [-0.25, -0.2) is 9.97 Å². The number of nitrogens with one attached hydrogen (secondary N) is 1. The number of carbonyl (C=O) groups is 1. The van der Waals surface area contributed by atoms with E-state index in [1.807, 2.05) is 0 Å². The third-order valence-corrected chi connectivity index (χ3v) is 3.45. The number of aromatic nitrogens is 2. The van der Waals surface area contributed by atoms with E-state index < -0.39 is 0 Å². The Morgan fingerprint density at radius 3 is 2.81 bits per heavy atom. The van der Waals surface area contributed by atoms with Crippen LogP contribution < -0.4 is 5.32 Å². The van der Waals surface area contributed by atoms with Gasteiger partial charge in [0.2, 0.25) is 0 Å². The van der Waals surface area contributed by atoms with Gasteiger partial charge in [0.1, 0.15) is 6.33 Å². The van der Waals surface area contributed by atoms with Crippen LogP contribution in [-0.4, -0.2) is 28.8 Å². The van der Waals surface area contributed by atoms with Crippen LogP contribution in [0.5, 0.6) is 0 Å². The van der Waals surface area contributed by atoms with E-state index in [2.05, 4.69) is 22.2 Å². The topological polar surface area (TPSA) is 54.9 Å².